The number of hydrogen-bond acceptors (Lipinski definition) is 2. The third-order valence-corrected chi connectivity index (χ3v) is 10.1. The van der Waals surface area contributed by atoms with Crippen LogP contribution in [-0.2, 0) is 0 Å². The van der Waals surface area contributed by atoms with Gasteiger partial charge < -0.3 is 0 Å². The first kappa shape index (κ1) is 28.4. The van der Waals surface area contributed by atoms with Crippen molar-refractivity contribution in [2.45, 2.75) is 0 Å². The summed E-state index contributed by atoms with van der Waals surface area (Å²) in [6.45, 7) is 4.54. The Balaban J connectivity index is 1.17. The molecule has 0 radical (unpaired) electrons. The Kier molecular flexibility index (Phi) is 6.37. The van der Waals surface area contributed by atoms with Crippen molar-refractivity contribution in [2.75, 3.05) is 0 Å². The van der Waals surface area contributed by atoms with Gasteiger partial charge in [-0.3, -0.25) is 0 Å². The second kappa shape index (κ2) is 11.2. The molecule has 1 aliphatic carbocycles. The maximum atomic E-state index is 5.39. The average Bonchev–Trinajstić information content (AvgIpc) is 3.35. The van der Waals surface area contributed by atoms with Crippen LogP contribution in [0, 0.1) is 0 Å². The van der Waals surface area contributed by atoms with Gasteiger partial charge in [0.25, 0.3) is 0 Å². The Morgan fingerprint density at radius 1 is 0.460 bits per heavy atom. The molecule has 1 aliphatic rings. The van der Waals surface area contributed by atoms with Gasteiger partial charge in [0.2, 0.25) is 0 Å². The summed E-state index contributed by atoms with van der Waals surface area (Å²) in [6.07, 6.45) is 6.55. The molecule has 0 fully saturated rings. The highest BCUT2D eigenvalue weighted by molar-refractivity contribution is 6.23. The first-order chi connectivity index (χ1) is 24.7. The molecular weight excluding hydrogens is 605 g/mol. The van der Waals surface area contributed by atoms with Crippen LogP contribution in [0.1, 0.15) is 16.7 Å². The van der Waals surface area contributed by atoms with Gasteiger partial charge in [0.1, 0.15) is 0 Å². The molecule has 0 N–H and O–H groups in total. The molecule has 50 heavy (non-hydrogen) atoms. The van der Waals surface area contributed by atoms with E-state index in [9.17, 15) is 0 Å². The maximum Gasteiger partial charge on any atom is 0.0794 e. The first-order valence-electron chi connectivity index (χ1n) is 17.0. The molecule has 2 aromatic heterocycles. The van der Waals surface area contributed by atoms with E-state index in [2.05, 4.69) is 170 Å². The summed E-state index contributed by atoms with van der Waals surface area (Å²) in [5.74, 6) is 0. The lowest BCUT2D eigenvalue weighted by Crippen LogP contribution is -1.95. The van der Waals surface area contributed by atoms with E-state index in [0.717, 1.165) is 77.4 Å². The molecule has 232 valence electrons. The molecule has 2 nitrogen and oxygen atoms in total. The van der Waals surface area contributed by atoms with Crippen molar-refractivity contribution in [1.82, 2.24) is 9.97 Å². The average molecular weight is 635 g/mol. The van der Waals surface area contributed by atoms with Gasteiger partial charge in [-0.25, -0.2) is 9.97 Å². The summed E-state index contributed by atoms with van der Waals surface area (Å²) < 4.78 is 0. The molecule has 0 saturated carbocycles. The Hall–Kier alpha value is -6.64. The number of rotatable bonds is 3. The molecule has 0 bridgehead atoms. The lowest BCUT2D eigenvalue weighted by molar-refractivity contribution is 1.39. The van der Waals surface area contributed by atoms with Crippen LogP contribution in [0.4, 0.5) is 0 Å². The molecule has 0 aliphatic heterocycles. The van der Waals surface area contributed by atoms with E-state index in [1.54, 1.807) is 0 Å². The number of pyridine rings is 2. The van der Waals surface area contributed by atoms with Gasteiger partial charge in [-0.2, -0.15) is 0 Å². The van der Waals surface area contributed by atoms with Crippen LogP contribution in [0.3, 0.4) is 0 Å². The Labute approximate surface area is 290 Å². The summed E-state index contributed by atoms with van der Waals surface area (Å²) in [4.78, 5) is 10.7. The fourth-order valence-corrected chi connectivity index (χ4v) is 7.78. The summed E-state index contributed by atoms with van der Waals surface area (Å²) in [5.41, 5.74) is 11.6. The van der Waals surface area contributed by atoms with Crippen molar-refractivity contribution in [3.8, 4) is 22.5 Å². The quantitative estimate of drug-likeness (QED) is 0.181. The molecule has 0 amide bonds. The topological polar surface area (TPSA) is 25.8 Å². The summed E-state index contributed by atoms with van der Waals surface area (Å²) >= 11 is 0. The van der Waals surface area contributed by atoms with Gasteiger partial charge in [0.05, 0.1) is 22.4 Å². The van der Waals surface area contributed by atoms with E-state index in [4.69, 9.17) is 9.97 Å². The van der Waals surface area contributed by atoms with Crippen molar-refractivity contribution in [3.05, 3.63) is 187 Å². The molecule has 2 heterocycles. The largest absolute Gasteiger partial charge is 0.247 e. The van der Waals surface area contributed by atoms with Crippen molar-refractivity contribution >= 4 is 71.3 Å². The van der Waals surface area contributed by atoms with Crippen LogP contribution >= 0.6 is 0 Å². The van der Waals surface area contributed by atoms with Crippen molar-refractivity contribution in [2.24, 2.45) is 0 Å². The molecule has 7 aromatic carbocycles. The third-order valence-electron chi connectivity index (χ3n) is 10.1. The number of aromatic nitrogens is 2. The molecule has 2 heteroatoms. The molecular formula is C48H30N2. The van der Waals surface area contributed by atoms with Gasteiger partial charge in [-0.15, -0.1) is 0 Å². The van der Waals surface area contributed by atoms with E-state index in [0.29, 0.717) is 0 Å². The number of allylic oxidation sites excluding steroid dienone is 4. The minimum Gasteiger partial charge on any atom is -0.247 e. The molecule has 0 atom stereocenters. The van der Waals surface area contributed by atoms with Crippen molar-refractivity contribution in [3.63, 3.8) is 0 Å². The van der Waals surface area contributed by atoms with Gasteiger partial charge in [-0.05, 0) is 62.0 Å². The van der Waals surface area contributed by atoms with Crippen LogP contribution in [0.25, 0.3) is 93.9 Å². The number of hydrogen-bond donors (Lipinski definition) is 0. The molecule has 0 unspecified atom stereocenters. The number of nitrogens with zero attached hydrogens (tertiary/aromatic N) is 2. The monoisotopic (exact) mass is 634 g/mol. The van der Waals surface area contributed by atoms with Crippen molar-refractivity contribution in [1.29, 1.82) is 0 Å². The van der Waals surface area contributed by atoms with E-state index < -0.39 is 0 Å². The lowest BCUT2D eigenvalue weighted by atomic mass is 9.91. The Bertz CT molecular complexity index is 2910. The predicted molar refractivity (Wildman–Crippen MR) is 213 cm³/mol. The zero-order valence-corrected chi connectivity index (χ0v) is 27.3. The van der Waals surface area contributed by atoms with E-state index in [1.807, 2.05) is 6.07 Å². The van der Waals surface area contributed by atoms with Crippen molar-refractivity contribution < 1.29 is 0 Å². The highest BCUT2D eigenvalue weighted by atomic mass is 14.7. The molecule has 0 saturated heterocycles. The zero-order chi connectivity index (χ0) is 33.2. The molecule has 9 aromatic rings. The van der Waals surface area contributed by atoms with Gasteiger partial charge in [-0.1, -0.05) is 158 Å². The number of para-hydroxylation sites is 1. The van der Waals surface area contributed by atoms with Crippen LogP contribution < -0.4 is 0 Å². The fraction of sp³-hybridized carbons (Fsp3) is 0. The van der Waals surface area contributed by atoms with E-state index in [-0.39, 0.29) is 0 Å². The minimum atomic E-state index is 0.935. The highest BCUT2D eigenvalue weighted by Gasteiger charge is 2.19. The molecule has 10 rings (SSSR count). The predicted octanol–water partition coefficient (Wildman–Crippen LogP) is 12.7. The molecule has 0 spiro atoms. The van der Waals surface area contributed by atoms with Crippen LogP contribution in [0.15, 0.2) is 170 Å². The lowest BCUT2D eigenvalue weighted by Gasteiger charge is -2.16. The summed E-state index contributed by atoms with van der Waals surface area (Å²) in [6, 6.07) is 53.9. The third kappa shape index (κ3) is 4.43. The van der Waals surface area contributed by atoms with E-state index in [1.165, 1.54) is 27.1 Å². The van der Waals surface area contributed by atoms with E-state index >= 15 is 0 Å². The number of fused-ring (bicyclic) bond motifs is 9. The minimum absolute atomic E-state index is 0.935. The second-order valence-electron chi connectivity index (χ2n) is 13.0. The Morgan fingerprint density at radius 2 is 1.14 bits per heavy atom. The second-order valence-corrected chi connectivity index (χ2v) is 13.0. The fourth-order valence-electron chi connectivity index (χ4n) is 7.78. The van der Waals surface area contributed by atoms with Crippen LogP contribution in [-0.4, -0.2) is 9.97 Å². The van der Waals surface area contributed by atoms with Crippen LogP contribution in [0.5, 0.6) is 0 Å². The number of benzene rings is 7. The SMILES string of the molecule is C=C1C=C(c2ccccc2)C=Cc2ccc3ccc(-c4ccc(-c5nc6ccccc6c6c5ccc5ccccc56)c5ccccc45)nc3c21. The standard InChI is InChI=1S/C48H30N2/c1-30-29-35(31-11-3-2-4-12-31)22-20-33-19-21-34-24-28-44(49-47(34)45(30)33)39-26-27-40(38-16-8-7-15-37(38)39)48-42-25-23-32-13-5-6-14-36(32)46(42)41-17-9-10-18-43(41)50-48/h2-29H,1H2. The Morgan fingerprint density at radius 3 is 2.00 bits per heavy atom. The summed E-state index contributed by atoms with van der Waals surface area (Å²) in [7, 11) is 0. The summed E-state index contributed by atoms with van der Waals surface area (Å²) in [5, 5.41) is 9.43. The van der Waals surface area contributed by atoms with Gasteiger partial charge in [0, 0.05) is 38.2 Å². The first-order valence-corrected chi connectivity index (χ1v) is 17.0. The zero-order valence-electron chi connectivity index (χ0n) is 27.3. The van der Waals surface area contributed by atoms with Gasteiger partial charge in [0.15, 0.2) is 0 Å². The van der Waals surface area contributed by atoms with Crippen LogP contribution in [0.2, 0.25) is 0 Å². The van der Waals surface area contributed by atoms with Gasteiger partial charge >= 0.3 is 0 Å². The smallest absolute Gasteiger partial charge is 0.0794 e. The maximum absolute atomic E-state index is 5.39. The normalized spacial score (nSPS) is 12.9. The highest BCUT2D eigenvalue weighted by Crippen LogP contribution is 2.42.